The van der Waals surface area contributed by atoms with Gasteiger partial charge in [0, 0.05) is 43.5 Å². The fraction of sp³-hybridized carbons (Fsp3) is 0.684. The smallest absolute Gasteiger partial charge is 0.272 e. The van der Waals surface area contributed by atoms with Crippen molar-refractivity contribution in [1.82, 2.24) is 10.2 Å². The molecular formula is C19H29N3O3. The molecule has 3 rings (SSSR count). The molecular weight excluding hydrogens is 318 g/mol. The van der Waals surface area contributed by atoms with Gasteiger partial charge in [0.2, 0.25) is 0 Å². The van der Waals surface area contributed by atoms with Gasteiger partial charge in [0.15, 0.2) is 0 Å². The third kappa shape index (κ3) is 4.37. The number of rotatable bonds is 6. The van der Waals surface area contributed by atoms with Crippen LogP contribution in [-0.4, -0.2) is 48.2 Å². The van der Waals surface area contributed by atoms with Gasteiger partial charge < -0.3 is 10.1 Å². The molecule has 1 aromatic rings. The Morgan fingerprint density at radius 3 is 2.64 bits per heavy atom. The Balaban J connectivity index is 1.63. The largest absolute Gasteiger partial charge is 0.381 e. The van der Waals surface area contributed by atoms with Crippen LogP contribution in [0.4, 0.5) is 5.69 Å². The Hall–Kier alpha value is -1.50. The summed E-state index contributed by atoms with van der Waals surface area (Å²) >= 11 is 0. The lowest BCUT2D eigenvalue weighted by Crippen LogP contribution is -2.59. The van der Waals surface area contributed by atoms with Crippen molar-refractivity contribution >= 4 is 5.69 Å². The lowest BCUT2D eigenvalue weighted by atomic mass is 9.86. The molecule has 0 amide bonds. The average molecular weight is 347 g/mol. The van der Waals surface area contributed by atoms with Gasteiger partial charge in [0.1, 0.15) is 0 Å². The number of likely N-dealkylation sites (tertiary alicyclic amines) is 1. The van der Waals surface area contributed by atoms with Crippen molar-refractivity contribution in [3.63, 3.8) is 0 Å². The molecule has 6 heteroatoms. The summed E-state index contributed by atoms with van der Waals surface area (Å²) in [6.07, 6.45) is 6.03. The molecule has 6 nitrogen and oxygen atoms in total. The van der Waals surface area contributed by atoms with Gasteiger partial charge in [-0.2, -0.15) is 0 Å². The molecule has 25 heavy (non-hydrogen) atoms. The van der Waals surface area contributed by atoms with E-state index in [1.54, 1.807) is 13.0 Å². The number of ether oxygens (including phenoxy) is 1. The molecule has 0 atom stereocenters. The second-order valence-electron chi connectivity index (χ2n) is 7.37. The topological polar surface area (TPSA) is 67.6 Å². The van der Waals surface area contributed by atoms with Crippen LogP contribution in [-0.2, 0) is 11.3 Å². The van der Waals surface area contributed by atoms with Crippen molar-refractivity contribution in [2.75, 3.05) is 32.8 Å². The van der Waals surface area contributed by atoms with Crippen LogP contribution < -0.4 is 5.32 Å². The number of nitro benzene ring substituents is 1. The van der Waals surface area contributed by atoms with E-state index in [1.165, 1.54) is 32.4 Å². The number of hydrogen-bond donors (Lipinski definition) is 1. The maximum Gasteiger partial charge on any atom is 0.272 e. The second-order valence-corrected chi connectivity index (χ2v) is 7.37. The number of nitrogens with zero attached hydrogens (tertiary/aromatic N) is 2. The van der Waals surface area contributed by atoms with Gasteiger partial charge in [-0.1, -0.05) is 18.6 Å². The predicted octanol–water partition coefficient (Wildman–Crippen LogP) is 3.03. The van der Waals surface area contributed by atoms with Gasteiger partial charge in [-0.15, -0.1) is 0 Å². The number of benzene rings is 1. The van der Waals surface area contributed by atoms with Crippen molar-refractivity contribution in [2.45, 2.75) is 51.1 Å². The highest BCUT2D eigenvalue weighted by Crippen LogP contribution is 2.30. The number of nitro groups is 1. The lowest BCUT2D eigenvalue weighted by Gasteiger charge is -2.48. The lowest BCUT2D eigenvalue weighted by molar-refractivity contribution is -0.385. The molecule has 0 bridgehead atoms. The first-order chi connectivity index (χ1) is 12.1. The second kappa shape index (κ2) is 8.25. The molecule has 0 unspecified atom stereocenters. The highest BCUT2D eigenvalue weighted by atomic mass is 16.6. The summed E-state index contributed by atoms with van der Waals surface area (Å²) in [5.74, 6) is 0. The summed E-state index contributed by atoms with van der Waals surface area (Å²) in [7, 11) is 0. The molecule has 0 aliphatic carbocycles. The molecule has 0 radical (unpaired) electrons. The van der Waals surface area contributed by atoms with Gasteiger partial charge in [0.25, 0.3) is 5.69 Å². The molecule has 2 aliphatic heterocycles. The Morgan fingerprint density at radius 1 is 1.24 bits per heavy atom. The van der Waals surface area contributed by atoms with Crippen LogP contribution in [0.1, 0.15) is 43.2 Å². The van der Waals surface area contributed by atoms with Gasteiger partial charge in [-0.05, 0) is 51.3 Å². The molecule has 0 aromatic heterocycles. The summed E-state index contributed by atoms with van der Waals surface area (Å²) in [6.45, 7) is 7.37. The van der Waals surface area contributed by atoms with Gasteiger partial charge in [0.05, 0.1) is 4.92 Å². The first kappa shape index (κ1) is 18.3. The van der Waals surface area contributed by atoms with Crippen LogP contribution >= 0.6 is 0 Å². The summed E-state index contributed by atoms with van der Waals surface area (Å²) in [5, 5.41) is 14.7. The Morgan fingerprint density at radius 2 is 1.96 bits per heavy atom. The summed E-state index contributed by atoms with van der Waals surface area (Å²) < 4.78 is 5.61. The first-order valence-corrected chi connectivity index (χ1v) is 9.38. The van der Waals surface area contributed by atoms with E-state index >= 15 is 0 Å². The van der Waals surface area contributed by atoms with Crippen LogP contribution in [0.3, 0.4) is 0 Å². The first-order valence-electron chi connectivity index (χ1n) is 9.38. The van der Waals surface area contributed by atoms with E-state index in [1.807, 2.05) is 12.1 Å². The molecule has 1 aromatic carbocycles. The highest BCUT2D eigenvalue weighted by Gasteiger charge is 2.38. The minimum atomic E-state index is -0.299. The fourth-order valence-corrected chi connectivity index (χ4v) is 4.13. The average Bonchev–Trinajstić information content (AvgIpc) is 2.64. The molecule has 0 saturated carbocycles. The fourth-order valence-electron chi connectivity index (χ4n) is 4.13. The van der Waals surface area contributed by atoms with E-state index in [-0.39, 0.29) is 16.1 Å². The van der Waals surface area contributed by atoms with Crippen LogP contribution in [0.2, 0.25) is 0 Å². The van der Waals surface area contributed by atoms with E-state index in [9.17, 15) is 10.1 Å². The summed E-state index contributed by atoms with van der Waals surface area (Å²) in [4.78, 5) is 13.5. The number of nitrogens with one attached hydrogen (secondary N) is 1. The molecule has 0 spiro atoms. The Bertz CT molecular complexity index is 594. The zero-order valence-corrected chi connectivity index (χ0v) is 15.1. The van der Waals surface area contributed by atoms with Crippen LogP contribution in [0.15, 0.2) is 18.2 Å². The highest BCUT2D eigenvalue weighted by molar-refractivity contribution is 5.42. The van der Waals surface area contributed by atoms with Crippen LogP contribution in [0, 0.1) is 17.0 Å². The van der Waals surface area contributed by atoms with E-state index in [0.717, 1.165) is 38.2 Å². The molecule has 2 heterocycles. The zero-order chi connectivity index (χ0) is 17.7. The quantitative estimate of drug-likeness (QED) is 0.633. The predicted molar refractivity (Wildman–Crippen MR) is 97.7 cm³/mol. The SMILES string of the molecule is Cc1ccc(CNCC2(N3CCCCC3)CCOCC2)cc1[N+](=O)[O-]. The van der Waals surface area contributed by atoms with E-state index in [2.05, 4.69) is 10.2 Å². The number of aryl methyl sites for hydroxylation is 1. The monoisotopic (exact) mass is 347 g/mol. The van der Waals surface area contributed by atoms with Gasteiger partial charge >= 0.3 is 0 Å². The van der Waals surface area contributed by atoms with E-state index in [4.69, 9.17) is 4.74 Å². The summed E-state index contributed by atoms with van der Waals surface area (Å²) in [6, 6.07) is 5.51. The maximum atomic E-state index is 11.1. The molecule has 138 valence electrons. The van der Waals surface area contributed by atoms with Crippen molar-refractivity contribution in [3.05, 3.63) is 39.4 Å². The number of hydrogen-bond acceptors (Lipinski definition) is 5. The van der Waals surface area contributed by atoms with E-state index in [0.29, 0.717) is 12.1 Å². The van der Waals surface area contributed by atoms with E-state index < -0.39 is 0 Å². The molecule has 1 N–H and O–H groups in total. The molecule has 2 saturated heterocycles. The minimum Gasteiger partial charge on any atom is -0.381 e. The van der Waals surface area contributed by atoms with Gasteiger partial charge in [-0.3, -0.25) is 15.0 Å². The Labute approximate surface area is 149 Å². The third-order valence-electron chi connectivity index (χ3n) is 5.70. The van der Waals surface area contributed by atoms with Crippen LogP contribution in [0.5, 0.6) is 0 Å². The summed E-state index contributed by atoms with van der Waals surface area (Å²) in [5.41, 5.74) is 2.06. The maximum absolute atomic E-state index is 11.1. The molecule has 2 fully saturated rings. The minimum absolute atomic E-state index is 0.176. The zero-order valence-electron chi connectivity index (χ0n) is 15.1. The van der Waals surface area contributed by atoms with Crippen LogP contribution in [0.25, 0.3) is 0 Å². The van der Waals surface area contributed by atoms with Crippen molar-refractivity contribution in [2.24, 2.45) is 0 Å². The number of piperidine rings is 1. The van der Waals surface area contributed by atoms with Crippen molar-refractivity contribution in [3.8, 4) is 0 Å². The van der Waals surface area contributed by atoms with Crippen molar-refractivity contribution < 1.29 is 9.66 Å². The molecule has 2 aliphatic rings. The van der Waals surface area contributed by atoms with Crippen molar-refractivity contribution in [1.29, 1.82) is 0 Å². The standard InChI is InChI=1S/C19H29N3O3/c1-16-5-6-17(13-18(16)22(23)24)14-20-15-19(7-11-25-12-8-19)21-9-3-2-4-10-21/h5-6,13,20H,2-4,7-12,14-15H2,1H3. The normalized spacial score (nSPS) is 21.2. The van der Waals surface area contributed by atoms with Gasteiger partial charge in [-0.25, -0.2) is 0 Å². The Kier molecular flexibility index (Phi) is 6.04. The third-order valence-corrected chi connectivity index (χ3v) is 5.70.